The second-order valence-corrected chi connectivity index (χ2v) is 8.58. The molecule has 0 spiro atoms. The third-order valence-electron chi connectivity index (χ3n) is 3.38. The maximum Gasteiger partial charge on any atom is 0.422 e. The Labute approximate surface area is 147 Å². The molecule has 134 valence electrons. The van der Waals surface area contributed by atoms with Crippen LogP contribution in [0, 0.1) is 0 Å². The minimum Gasteiger partial charge on any atom is -0.443 e. The van der Waals surface area contributed by atoms with Crippen LogP contribution in [0.4, 0.5) is 10.5 Å². The summed E-state index contributed by atoms with van der Waals surface area (Å²) in [5.74, 6) is 0. The maximum absolute atomic E-state index is 12.2. The van der Waals surface area contributed by atoms with E-state index in [0.29, 0.717) is 18.1 Å². The molecule has 9 heteroatoms. The zero-order chi connectivity index (χ0) is 18.0. The molecule has 24 heavy (non-hydrogen) atoms. The SMILES string of the molecule is CC(C)(C)OC(=O)NS(=O)(=O)N1CCN(c2ccc(Cl)cc2)CC1. The molecule has 1 saturated heterocycles. The molecule has 1 fully saturated rings. The summed E-state index contributed by atoms with van der Waals surface area (Å²) in [5.41, 5.74) is 0.226. The minimum absolute atomic E-state index is 0.279. The Morgan fingerprint density at radius 2 is 1.67 bits per heavy atom. The highest BCUT2D eigenvalue weighted by atomic mass is 35.5. The fourth-order valence-electron chi connectivity index (χ4n) is 2.31. The Hall–Kier alpha value is -1.51. The molecule has 0 saturated carbocycles. The van der Waals surface area contributed by atoms with Crippen molar-refractivity contribution in [1.82, 2.24) is 9.03 Å². The number of piperazine rings is 1. The summed E-state index contributed by atoms with van der Waals surface area (Å²) >= 11 is 5.87. The lowest BCUT2D eigenvalue weighted by atomic mass is 10.2. The molecule has 1 aliphatic rings. The van der Waals surface area contributed by atoms with Crippen molar-refractivity contribution in [3.05, 3.63) is 29.3 Å². The van der Waals surface area contributed by atoms with Gasteiger partial charge in [0.1, 0.15) is 5.60 Å². The van der Waals surface area contributed by atoms with Crippen LogP contribution in [0.3, 0.4) is 0 Å². The smallest absolute Gasteiger partial charge is 0.422 e. The lowest BCUT2D eigenvalue weighted by molar-refractivity contribution is 0.0567. The van der Waals surface area contributed by atoms with Crippen molar-refractivity contribution in [1.29, 1.82) is 0 Å². The summed E-state index contributed by atoms with van der Waals surface area (Å²) in [6.07, 6.45) is -0.970. The van der Waals surface area contributed by atoms with Gasteiger partial charge in [-0.2, -0.15) is 12.7 Å². The molecule has 1 aliphatic heterocycles. The molecule has 0 aromatic heterocycles. The normalized spacial score (nSPS) is 16.8. The zero-order valence-corrected chi connectivity index (χ0v) is 15.5. The van der Waals surface area contributed by atoms with Gasteiger partial charge >= 0.3 is 16.3 Å². The van der Waals surface area contributed by atoms with E-state index in [0.717, 1.165) is 5.69 Å². The number of rotatable bonds is 3. The number of nitrogens with zero attached hydrogens (tertiary/aromatic N) is 2. The maximum atomic E-state index is 12.2. The van der Waals surface area contributed by atoms with Gasteiger partial charge in [0, 0.05) is 36.9 Å². The van der Waals surface area contributed by atoms with E-state index >= 15 is 0 Å². The number of carbonyl (C=O) groups is 1. The number of amides is 1. The summed E-state index contributed by atoms with van der Waals surface area (Å²) in [6, 6.07) is 7.38. The Balaban J connectivity index is 1.93. The van der Waals surface area contributed by atoms with E-state index in [-0.39, 0.29) is 13.1 Å². The lowest BCUT2D eigenvalue weighted by Gasteiger charge is -2.35. The van der Waals surface area contributed by atoms with Crippen LogP contribution in [0.1, 0.15) is 20.8 Å². The van der Waals surface area contributed by atoms with Crippen LogP contribution >= 0.6 is 11.6 Å². The molecule has 0 radical (unpaired) electrons. The zero-order valence-electron chi connectivity index (χ0n) is 14.0. The molecule has 2 rings (SSSR count). The van der Waals surface area contributed by atoms with Crippen LogP contribution in [-0.4, -0.2) is 50.6 Å². The molecule has 0 unspecified atom stereocenters. The average molecular weight is 376 g/mol. The van der Waals surface area contributed by atoms with E-state index in [1.807, 2.05) is 16.9 Å². The molecule has 1 N–H and O–H groups in total. The van der Waals surface area contributed by atoms with Crippen LogP contribution in [0.5, 0.6) is 0 Å². The van der Waals surface area contributed by atoms with Crippen molar-refractivity contribution in [2.75, 3.05) is 31.1 Å². The highest BCUT2D eigenvalue weighted by Crippen LogP contribution is 2.20. The summed E-state index contributed by atoms with van der Waals surface area (Å²) in [5, 5.41) is 0.654. The van der Waals surface area contributed by atoms with Gasteiger partial charge in [0.05, 0.1) is 0 Å². The van der Waals surface area contributed by atoms with Crippen molar-refractivity contribution in [3.63, 3.8) is 0 Å². The van der Waals surface area contributed by atoms with Gasteiger partial charge < -0.3 is 9.64 Å². The predicted molar refractivity (Wildman–Crippen MR) is 93.5 cm³/mol. The van der Waals surface area contributed by atoms with E-state index in [2.05, 4.69) is 4.90 Å². The molecule has 1 heterocycles. The van der Waals surface area contributed by atoms with E-state index in [1.54, 1.807) is 32.9 Å². The molecule has 1 amide bonds. The van der Waals surface area contributed by atoms with Gasteiger partial charge in [-0.05, 0) is 45.0 Å². The quantitative estimate of drug-likeness (QED) is 0.876. The van der Waals surface area contributed by atoms with E-state index in [9.17, 15) is 13.2 Å². The van der Waals surface area contributed by atoms with Crippen LogP contribution in [0.25, 0.3) is 0 Å². The Kier molecular flexibility index (Phi) is 5.62. The fraction of sp³-hybridized carbons (Fsp3) is 0.533. The van der Waals surface area contributed by atoms with Gasteiger partial charge in [0.15, 0.2) is 0 Å². The standard InChI is InChI=1S/C15H22ClN3O4S/c1-15(2,3)23-14(20)17-24(21,22)19-10-8-18(9-11-19)13-6-4-12(16)5-7-13/h4-7H,8-11H2,1-3H3,(H,17,20). The number of benzene rings is 1. The van der Waals surface area contributed by atoms with Crippen molar-refractivity contribution in [3.8, 4) is 0 Å². The molecular formula is C15H22ClN3O4S. The first-order valence-electron chi connectivity index (χ1n) is 7.58. The lowest BCUT2D eigenvalue weighted by Crippen LogP contribution is -2.53. The van der Waals surface area contributed by atoms with Crippen LogP contribution in [-0.2, 0) is 14.9 Å². The Bertz CT molecular complexity index is 678. The van der Waals surface area contributed by atoms with Gasteiger partial charge in [-0.1, -0.05) is 11.6 Å². The van der Waals surface area contributed by atoms with Gasteiger partial charge in [0.25, 0.3) is 0 Å². The molecular weight excluding hydrogens is 354 g/mol. The van der Waals surface area contributed by atoms with Gasteiger partial charge in [-0.3, -0.25) is 0 Å². The Morgan fingerprint density at radius 3 is 2.17 bits per heavy atom. The summed E-state index contributed by atoms with van der Waals surface area (Å²) < 4.78 is 32.7. The summed E-state index contributed by atoms with van der Waals surface area (Å²) in [6.45, 7) is 6.62. The molecule has 1 aromatic carbocycles. The number of carbonyl (C=O) groups excluding carboxylic acids is 1. The number of halogens is 1. The largest absolute Gasteiger partial charge is 0.443 e. The molecule has 7 nitrogen and oxygen atoms in total. The number of hydrogen-bond acceptors (Lipinski definition) is 5. The van der Waals surface area contributed by atoms with E-state index in [4.69, 9.17) is 16.3 Å². The van der Waals surface area contributed by atoms with Crippen molar-refractivity contribution in [2.24, 2.45) is 0 Å². The molecule has 0 bridgehead atoms. The van der Waals surface area contributed by atoms with Crippen molar-refractivity contribution < 1.29 is 17.9 Å². The van der Waals surface area contributed by atoms with Crippen molar-refractivity contribution in [2.45, 2.75) is 26.4 Å². The van der Waals surface area contributed by atoms with Gasteiger partial charge in [0.2, 0.25) is 0 Å². The minimum atomic E-state index is -3.91. The third kappa shape index (κ3) is 5.25. The molecule has 0 aliphatic carbocycles. The number of hydrogen-bond donors (Lipinski definition) is 1. The average Bonchev–Trinajstić information content (AvgIpc) is 2.45. The number of ether oxygens (including phenoxy) is 1. The monoisotopic (exact) mass is 375 g/mol. The molecule has 0 atom stereocenters. The fourth-order valence-corrected chi connectivity index (χ4v) is 3.46. The third-order valence-corrected chi connectivity index (χ3v) is 5.10. The second-order valence-electron chi connectivity index (χ2n) is 6.47. The highest BCUT2D eigenvalue weighted by Gasteiger charge is 2.30. The van der Waals surface area contributed by atoms with Gasteiger partial charge in [-0.25, -0.2) is 9.52 Å². The predicted octanol–water partition coefficient (Wildman–Crippen LogP) is 2.23. The van der Waals surface area contributed by atoms with Crippen LogP contribution in [0.15, 0.2) is 24.3 Å². The Morgan fingerprint density at radius 1 is 1.12 bits per heavy atom. The number of nitrogens with one attached hydrogen (secondary N) is 1. The topological polar surface area (TPSA) is 78.9 Å². The van der Waals surface area contributed by atoms with E-state index < -0.39 is 21.9 Å². The summed E-state index contributed by atoms with van der Waals surface area (Å²) in [4.78, 5) is 13.7. The number of anilines is 1. The van der Waals surface area contributed by atoms with Crippen LogP contribution < -0.4 is 9.62 Å². The van der Waals surface area contributed by atoms with Crippen LogP contribution in [0.2, 0.25) is 5.02 Å². The first-order chi connectivity index (χ1) is 11.1. The first kappa shape index (κ1) is 18.8. The van der Waals surface area contributed by atoms with Crippen molar-refractivity contribution >= 4 is 33.6 Å². The summed E-state index contributed by atoms with van der Waals surface area (Å²) in [7, 11) is -3.91. The molecule has 1 aromatic rings. The highest BCUT2D eigenvalue weighted by molar-refractivity contribution is 7.87. The van der Waals surface area contributed by atoms with Gasteiger partial charge in [-0.15, -0.1) is 0 Å². The second kappa shape index (κ2) is 7.16. The first-order valence-corrected chi connectivity index (χ1v) is 9.40. The van der Waals surface area contributed by atoms with E-state index in [1.165, 1.54) is 4.31 Å².